The van der Waals surface area contributed by atoms with Gasteiger partial charge in [-0.3, -0.25) is 0 Å². The van der Waals surface area contributed by atoms with Crippen LogP contribution in [0.5, 0.6) is 0 Å². The summed E-state index contributed by atoms with van der Waals surface area (Å²) in [4.78, 5) is 4.86. The van der Waals surface area contributed by atoms with Crippen LogP contribution in [0.25, 0.3) is 0 Å². The van der Waals surface area contributed by atoms with Crippen molar-refractivity contribution in [3.63, 3.8) is 0 Å². The first-order valence-corrected chi connectivity index (χ1v) is 2.05. The highest BCUT2D eigenvalue weighted by atomic mass is 16.7. The van der Waals surface area contributed by atoms with Crippen LogP contribution in [0.2, 0.25) is 0 Å². The molecule has 6 heavy (non-hydrogen) atoms. The molecule has 2 N–H and O–H groups in total. The zero-order chi connectivity index (χ0) is 4.41. The molecule has 0 bridgehead atoms. The maximum atomic E-state index is 4.86. The molecule has 0 unspecified atom stereocenters. The highest BCUT2D eigenvalue weighted by Crippen LogP contribution is 1.72. The van der Waals surface area contributed by atoms with Gasteiger partial charge in [0.25, 0.3) is 0 Å². The predicted molar refractivity (Wildman–Crippen MR) is 20.5 cm³/mol. The van der Waals surface area contributed by atoms with Gasteiger partial charge in [-0.2, -0.15) is 4.84 Å². The van der Waals surface area contributed by atoms with Crippen molar-refractivity contribution in [1.29, 1.82) is 0 Å². The van der Waals surface area contributed by atoms with Crippen LogP contribution in [0.1, 0.15) is 0 Å². The van der Waals surface area contributed by atoms with Crippen molar-refractivity contribution in [3.8, 4) is 0 Å². The Kier molecular flexibility index (Phi) is 1.05. The van der Waals surface area contributed by atoms with Crippen molar-refractivity contribution >= 4 is 0 Å². The number of nitrogens with zero attached hydrogens (tertiary/aromatic N) is 1. The van der Waals surface area contributed by atoms with Crippen LogP contribution < -0.4 is 5.59 Å². The normalized spacial score (nSPS) is 25.5. The summed E-state index contributed by atoms with van der Waals surface area (Å²) in [5.41, 5.74) is 1.74. The average Bonchev–Trinajstić information content (AvgIpc) is 1.86. The van der Waals surface area contributed by atoms with Crippen LogP contribution >= 0.6 is 0 Å². The van der Waals surface area contributed by atoms with Crippen LogP contribution in [-0.4, -0.2) is 25.2 Å². The molecule has 0 aromatic heterocycles. The second-order valence-electron chi connectivity index (χ2n) is 1.46. The SMILES string of the molecule is CN1CCO[NH2+]1. The molecule has 0 amide bonds. The van der Waals surface area contributed by atoms with Crippen LogP contribution in [0.3, 0.4) is 0 Å². The molecule has 0 spiro atoms. The van der Waals surface area contributed by atoms with E-state index in [9.17, 15) is 0 Å². The Balaban J connectivity index is 2.18. The van der Waals surface area contributed by atoms with E-state index in [1.807, 2.05) is 12.1 Å². The van der Waals surface area contributed by atoms with Gasteiger partial charge >= 0.3 is 0 Å². The van der Waals surface area contributed by atoms with E-state index in [4.69, 9.17) is 4.84 Å². The predicted octanol–water partition coefficient (Wildman–Crippen LogP) is -1.66. The van der Waals surface area contributed by atoms with Gasteiger partial charge in [0.2, 0.25) is 0 Å². The first-order valence-electron chi connectivity index (χ1n) is 2.05. The molecule has 0 radical (unpaired) electrons. The van der Waals surface area contributed by atoms with E-state index < -0.39 is 0 Å². The monoisotopic (exact) mass is 89.1 g/mol. The van der Waals surface area contributed by atoms with Gasteiger partial charge in [0.05, 0.1) is 6.54 Å². The van der Waals surface area contributed by atoms with E-state index in [-0.39, 0.29) is 0 Å². The van der Waals surface area contributed by atoms with Crippen molar-refractivity contribution in [2.45, 2.75) is 0 Å². The fraction of sp³-hybridized carbons (Fsp3) is 1.00. The van der Waals surface area contributed by atoms with Crippen molar-refractivity contribution in [2.75, 3.05) is 20.2 Å². The number of likely N-dealkylation sites (N-methyl/N-ethyl adjacent to an activating group) is 1. The van der Waals surface area contributed by atoms with Gasteiger partial charge in [-0.15, -0.1) is 10.6 Å². The standard InChI is InChI=1S/C3H8N2O/c1-5-2-3-6-4-5/h4H,2-3H2,1H3/p+1. The number of hydrogen-bond acceptors (Lipinski definition) is 2. The van der Waals surface area contributed by atoms with Gasteiger partial charge in [0.15, 0.2) is 0 Å². The molecule has 1 aliphatic heterocycles. The molecule has 0 saturated carbocycles. The molecule has 1 aliphatic rings. The molecule has 0 aromatic carbocycles. The smallest absolute Gasteiger partial charge is 0.126 e. The van der Waals surface area contributed by atoms with Gasteiger partial charge in [0.1, 0.15) is 6.61 Å². The number of quaternary nitrogens is 1. The average molecular weight is 89.1 g/mol. The molecule has 1 saturated heterocycles. The first-order chi connectivity index (χ1) is 2.89. The van der Waals surface area contributed by atoms with Crippen molar-refractivity contribution in [1.82, 2.24) is 5.01 Å². The molecule has 3 nitrogen and oxygen atoms in total. The van der Waals surface area contributed by atoms with Crippen molar-refractivity contribution in [2.24, 2.45) is 0 Å². The van der Waals surface area contributed by atoms with E-state index in [2.05, 4.69) is 0 Å². The van der Waals surface area contributed by atoms with Gasteiger partial charge in [0, 0.05) is 7.05 Å². The zero-order valence-corrected chi connectivity index (χ0v) is 3.85. The van der Waals surface area contributed by atoms with Gasteiger partial charge in [-0.05, 0) is 0 Å². The summed E-state index contributed by atoms with van der Waals surface area (Å²) < 4.78 is 0. The third-order valence-electron chi connectivity index (χ3n) is 0.816. The number of rotatable bonds is 0. The maximum absolute atomic E-state index is 4.86. The van der Waals surface area contributed by atoms with Crippen molar-refractivity contribution < 1.29 is 10.4 Å². The topological polar surface area (TPSA) is 29.1 Å². The van der Waals surface area contributed by atoms with E-state index in [0.29, 0.717) is 0 Å². The first kappa shape index (κ1) is 4.05. The Morgan fingerprint density at radius 2 is 2.67 bits per heavy atom. The summed E-state index contributed by atoms with van der Waals surface area (Å²) in [6.07, 6.45) is 0. The Bertz CT molecular complexity index is 42.1. The van der Waals surface area contributed by atoms with E-state index >= 15 is 0 Å². The lowest BCUT2D eigenvalue weighted by atomic mass is 10.7. The fourth-order valence-electron chi connectivity index (χ4n) is 0.429. The zero-order valence-electron chi connectivity index (χ0n) is 3.85. The van der Waals surface area contributed by atoms with Gasteiger partial charge in [-0.25, -0.2) is 0 Å². The van der Waals surface area contributed by atoms with E-state index in [0.717, 1.165) is 13.2 Å². The minimum absolute atomic E-state index is 0.858. The summed E-state index contributed by atoms with van der Waals surface area (Å²) >= 11 is 0. The summed E-state index contributed by atoms with van der Waals surface area (Å²) in [5, 5.41) is 2.01. The van der Waals surface area contributed by atoms with Crippen molar-refractivity contribution in [3.05, 3.63) is 0 Å². The molecule has 0 atom stereocenters. The number of hydrogen-bond donors (Lipinski definition) is 1. The van der Waals surface area contributed by atoms with Crippen LogP contribution in [0, 0.1) is 0 Å². The molecule has 36 valence electrons. The fourth-order valence-corrected chi connectivity index (χ4v) is 0.429. The molecule has 1 heterocycles. The summed E-state index contributed by atoms with van der Waals surface area (Å²) in [6, 6.07) is 0. The van der Waals surface area contributed by atoms with E-state index in [1.54, 1.807) is 5.59 Å². The summed E-state index contributed by atoms with van der Waals surface area (Å²) in [5.74, 6) is 0. The summed E-state index contributed by atoms with van der Waals surface area (Å²) in [7, 11) is 1.99. The molecule has 0 aliphatic carbocycles. The maximum Gasteiger partial charge on any atom is 0.126 e. The lowest BCUT2D eigenvalue weighted by Crippen LogP contribution is -2.87. The second-order valence-corrected chi connectivity index (χ2v) is 1.46. The second kappa shape index (κ2) is 1.55. The van der Waals surface area contributed by atoms with Gasteiger partial charge < -0.3 is 0 Å². The third-order valence-corrected chi connectivity index (χ3v) is 0.816. The van der Waals surface area contributed by atoms with Crippen LogP contribution in [0.4, 0.5) is 0 Å². The highest BCUT2D eigenvalue weighted by Gasteiger charge is 2.08. The molecular formula is C3H9N2O+. The molecule has 1 fully saturated rings. The quantitative estimate of drug-likeness (QED) is 0.360. The molecular weight excluding hydrogens is 80.0 g/mol. The third kappa shape index (κ3) is 0.680. The Hall–Kier alpha value is -0.120. The number of nitrogens with two attached hydrogens (primary N) is 1. The summed E-state index contributed by atoms with van der Waals surface area (Å²) in [6.45, 7) is 1.90. The van der Waals surface area contributed by atoms with E-state index in [1.165, 1.54) is 0 Å². The van der Waals surface area contributed by atoms with Crippen LogP contribution in [0.15, 0.2) is 0 Å². The minimum atomic E-state index is 0.858. The largest absolute Gasteiger partial charge is 0.184 e. The Labute approximate surface area is 36.8 Å². The Morgan fingerprint density at radius 1 is 1.83 bits per heavy atom. The minimum Gasteiger partial charge on any atom is -0.184 e. The molecule has 0 aromatic rings. The lowest BCUT2D eigenvalue weighted by molar-refractivity contribution is -0.971. The van der Waals surface area contributed by atoms with Crippen LogP contribution in [-0.2, 0) is 4.84 Å². The molecule has 1 rings (SSSR count). The lowest BCUT2D eigenvalue weighted by Gasteiger charge is -1.94. The Morgan fingerprint density at radius 3 is 2.83 bits per heavy atom. The highest BCUT2D eigenvalue weighted by molar-refractivity contribution is 4.30. The molecule has 3 heteroatoms. The van der Waals surface area contributed by atoms with Gasteiger partial charge in [-0.1, -0.05) is 0 Å².